The maximum atomic E-state index is 12.9. The molecule has 0 aliphatic rings. The molecule has 144 valence electrons. The maximum Gasteiger partial charge on any atom is 0.261 e. The van der Waals surface area contributed by atoms with Gasteiger partial charge in [0.1, 0.15) is 5.56 Å². The van der Waals surface area contributed by atoms with Crippen molar-refractivity contribution in [3.8, 4) is 0 Å². The Morgan fingerprint density at radius 1 is 1.04 bits per heavy atom. The van der Waals surface area contributed by atoms with E-state index in [4.69, 9.17) is 11.6 Å². The first-order valence-electron chi connectivity index (χ1n) is 9.19. The molecule has 3 rings (SSSR count). The van der Waals surface area contributed by atoms with Crippen molar-refractivity contribution in [3.05, 3.63) is 97.9 Å². The van der Waals surface area contributed by atoms with Crippen molar-refractivity contribution in [3.63, 3.8) is 0 Å². The van der Waals surface area contributed by atoms with Gasteiger partial charge in [0, 0.05) is 34.7 Å². The summed E-state index contributed by atoms with van der Waals surface area (Å²) in [6.45, 7) is 6.28. The van der Waals surface area contributed by atoms with Crippen molar-refractivity contribution in [2.75, 3.05) is 5.32 Å². The molecule has 0 radical (unpaired) electrons. The predicted octanol–water partition coefficient (Wildman–Crippen LogP) is 4.92. The van der Waals surface area contributed by atoms with Gasteiger partial charge >= 0.3 is 0 Å². The molecule has 5 heteroatoms. The number of nitrogens with zero attached hydrogens (tertiary/aromatic N) is 1. The highest BCUT2D eigenvalue weighted by atomic mass is 35.5. The van der Waals surface area contributed by atoms with Gasteiger partial charge in [0.25, 0.3) is 5.91 Å². The number of rotatable bonds is 5. The zero-order valence-electron chi connectivity index (χ0n) is 16.3. The van der Waals surface area contributed by atoms with Gasteiger partial charge in [0.2, 0.25) is 0 Å². The van der Waals surface area contributed by atoms with Gasteiger partial charge in [-0.15, -0.1) is 0 Å². The molecule has 0 aliphatic heterocycles. The van der Waals surface area contributed by atoms with Crippen LogP contribution in [-0.2, 0) is 13.0 Å². The summed E-state index contributed by atoms with van der Waals surface area (Å²) in [5, 5.41) is 3.36. The number of nitrogens with one attached hydrogen (secondary N) is 1. The third-order valence-electron chi connectivity index (χ3n) is 4.92. The van der Waals surface area contributed by atoms with E-state index in [2.05, 4.69) is 17.4 Å². The summed E-state index contributed by atoms with van der Waals surface area (Å²) in [6, 6.07) is 17.0. The Labute approximate surface area is 169 Å². The summed E-state index contributed by atoms with van der Waals surface area (Å²) < 4.78 is 2.02. The van der Waals surface area contributed by atoms with Crippen LogP contribution in [0.1, 0.15) is 32.9 Å². The van der Waals surface area contributed by atoms with Gasteiger partial charge in [0.05, 0.1) is 0 Å². The van der Waals surface area contributed by atoms with E-state index in [1.165, 1.54) is 11.6 Å². The lowest BCUT2D eigenvalue weighted by atomic mass is 10.1. The van der Waals surface area contributed by atoms with Gasteiger partial charge in [0.15, 0.2) is 5.43 Å². The predicted molar refractivity (Wildman–Crippen MR) is 114 cm³/mol. The van der Waals surface area contributed by atoms with Crippen LogP contribution in [0.15, 0.2) is 59.4 Å². The summed E-state index contributed by atoms with van der Waals surface area (Å²) in [6.07, 6.45) is 0.819. The number of benzene rings is 2. The van der Waals surface area contributed by atoms with Crippen LogP contribution in [0.3, 0.4) is 0 Å². The number of halogens is 1. The van der Waals surface area contributed by atoms with Gasteiger partial charge in [-0.05, 0) is 50.5 Å². The van der Waals surface area contributed by atoms with Crippen molar-refractivity contribution in [1.29, 1.82) is 0 Å². The monoisotopic (exact) mass is 394 g/mol. The van der Waals surface area contributed by atoms with Crippen LogP contribution in [0, 0.1) is 20.8 Å². The quantitative estimate of drug-likeness (QED) is 0.667. The number of anilines is 1. The van der Waals surface area contributed by atoms with Crippen LogP contribution in [0.5, 0.6) is 0 Å². The standard InChI is InChI=1S/C23H23ClN2O2/c1-15-9-10-19(24)14-20(15)25-23(28)22-17(3)26(16(2)13-21(22)27)12-11-18-7-5-4-6-8-18/h4-10,13-14H,11-12H2,1-3H3,(H,25,28). The first-order valence-corrected chi connectivity index (χ1v) is 9.57. The third kappa shape index (κ3) is 4.34. The Morgan fingerprint density at radius 3 is 2.46 bits per heavy atom. The summed E-state index contributed by atoms with van der Waals surface area (Å²) in [7, 11) is 0. The number of amides is 1. The number of aromatic nitrogens is 1. The molecule has 0 unspecified atom stereocenters. The maximum absolute atomic E-state index is 12.9. The van der Waals surface area contributed by atoms with E-state index in [0.29, 0.717) is 22.9 Å². The largest absolute Gasteiger partial charge is 0.348 e. The lowest BCUT2D eigenvalue weighted by Crippen LogP contribution is -2.27. The van der Waals surface area contributed by atoms with Crippen LogP contribution >= 0.6 is 11.6 Å². The third-order valence-corrected chi connectivity index (χ3v) is 5.16. The van der Waals surface area contributed by atoms with Crippen LogP contribution in [-0.4, -0.2) is 10.5 Å². The van der Waals surface area contributed by atoms with Crippen LogP contribution in [0.2, 0.25) is 5.02 Å². The fraction of sp³-hybridized carbons (Fsp3) is 0.217. The second-order valence-corrected chi connectivity index (χ2v) is 7.35. The molecule has 0 bridgehead atoms. The Hall–Kier alpha value is -2.85. The van der Waals surface area contributed by atoms with E-state index in [0.717, 1.165) is 17.7 Å². The highest BCUT2D eigenvalue weighted by Gasteiger charge is 2.18. The van der Waals surface area contributed by atoms with E-state index in [1.807, 2.05) is 49.6 Å². The second kappa shape index (κ2) is 8.44. The van der Waals surface area contributed by atoms with Crippen molar-refractivity contribution in [2.24, 2.45) is 0 Å². The van der Waals surface area contributed by atoms with Gasteiger partial charge in [-0.1, -0.05) is 48.0 Å². The van der Waals surface area contributed by atoms with Gasteiger partial charge in [-0.3, -0.25) is 9.59 Å². The first-order chi connectivity index (χ1) is 13.4. The summed E-state index contributed by atoms with van der Waals surface area (Å²) in [4.78, 5) is 25.5. The van der Waals surface area contributed by atoms with Crippen molar-refractivity contribution >= 4 is 23.2 Å². The zero-order chi connectivity index (χ0) is 20.3. The number of carbonyl (C=O) groups excluding carboxylic acids is 1. The fourth-order valence-corrected chi connectivity index (χ4v) is 3.51. The molecule has 3 aromatic rings. The minimum Gasteiger partial charge on any atom is -0.348 e. The Bertz CT molecular complexity index is 1070. The normalized spacial score (nSPS) is 10.7. The molecule has 2 aromatic carbocycles. The number of carbonyl (C=O) groups is 1. The van der Waals surface area contributed by atoms with E-state index in [-0.39, 0.29) is 11.0 Å². The summed E-state index contributed by atoms with van der Waals surface area (Å²) in [5.74, 6) is -0.415. The van der Waals surface area contributed by atoms with Crippen molar-refractivity contribution < 1.29 is 4.79 Å². The molecule has 0 saturated heterocycles. The van der Waals surface area contributed by atoms with Crippen molar-refractivity contribution in [1.82, 2.24) is 4.57 Å². The molecule has 0 fully saturated rings. The van der Waals surface area contributed by atoms with Crippen LogP contribution in [0.25, 0.3) is 0 Å². The Balaban J connectivity index is 1.91. The van der Waals surface area contributed by atoms with Crippen LogP contribution in [0.4, 0.5) is 5.69 Å². The first kappa shape index (κ1) is 19.9. The Morgan fingerprint density at radius 2 is 1.75 bits per heavy atom. The second-order valence-electron chi connectivity index (χ2n) is 6.91. The number of aryl methyl sites for hydroxylation is 3. The molecule has 4 nitrogen and oxygen atoms in total. The average molecular weight is 395 g/mol. The summed E-state index contributed by atoms with van der Waals surface area (Å²) >= 11 is 6.04. The smallest absolute Gasteiger partial charge is 0.261 e. The molecule has 1 heterocycles. The molecule has 28 heavy (non-hydrogen) atoms. The molecule has 1 aromatic heterocycles. The van der Waals surface area contributed by atoms with E-state index in [9.17, 15) is 9.59 Å². The van der Waals surface area contributed by atoms with Gasteiger partial charge in [-0.2, -0.15) is 0 Å². The fourth-order valence-electron chi connectivity index (χ4n) is 3.34. The summed E-state index contributed by atoms with van der Waals surface area (Å²) in [5.41, 5.74) is 4.09. The number of hydrogen-bond donors (Lipinski definition) is 1. The molecule has 0 aliphatic carbocycles. The van der Waals surface area contributed by atoms with E-state index >= 15 is 0 Å². The topological polar surface area (TPSA) is 51.1 Å². The highest BCUT2D eigenvalue weighted by molar-refractivity contribution is 6.31. The van der Waals surface area contributed by atoms with Crippen LogP contribution < -0.4 is 10.7 Å². The molecular weight excluding hydrogens is 372 g/mol. The van der Waals surface area contributed by atoms with E-state index in [1.54, 1.807) is 12.1 Å². The average Bonchev–Trinajstić information content (AvgIpc) is 2.65. The Kier molecular flexibility index (Phi) is 6.00. The zero-order valence-corrected chi connectivity index (χ0v) is 17.0. The van der Waals surface area contributed by atoms with Crippen molar-refractivity contribution in [2.45, 2.75) is 33.7 Å². The number of pyridine rings is 1. The van der Waals surface area contributed by atoms with Gasteiger partial charge in [-0.25, -0.2) is 0 Å². The molecular formula is C23H23ClN2O2. The molecule has 0 saturated carbocycles. The highest BCUT2D eigenvalue weighted by Crippen LogP contribution is 2.21. The minimum atomic E-state index is -0.415. The molecule has 1 N–H and O–H groups in total. The van der Waals surface area contributed by atoms with E-state index < -0.39 is 5.91 Å². The SMILES string of the molecule is Cc1ccc(Cl)cc1NC(=O)c1c(C)n(CCc2ccccc2)c(C)cc1=O. The minimum absolute atomic E-state index is 0.165. The molecule has 0 atom stereocenters. The lowest BCUT2D eigenvalue weighted by Gasteiger charge is -2.18. The number of hydrogen-bond acceptors (Lipinski definition) is 2. The molecule has 0 spiro atoms. The van der Waals surface area contributed by atoms with Gasteiger partial charge < -0.3 is 9.88 Å². The lowest BCUT2D eigenvalue weighted by molar-refractivity contribution is 0.102. The molecule has 1 amide bonds.